The second-order valence-corrected chi connectivity index (χ2v) is 4.47. The number of ether oxygens (including phenoxy) is 1. The Hall–Kier alpha value is -1.83. The average Bonchev–Trinajstić information content (AvgIpc) is 2.64. The van der Waals surface area contributed by atoms with Crippen LogP contribution in [0.5, 0.6) is 0 Å². The minimum absolute atomic E-state index is 0.127. The molecule has 2 heterocycles. The van der Waals surface area contributed by atoms with E-state index in [1.165, 1.54) is 19.4 Å². The number of fused-ring (bicyclic) bond motifs is 2. The van der Waals surface area contributed by atoms with E-state index in [1.807, 2.05) is 0 Å². The van der Waals surface area contributed by atoms with E-state index in [4.69, 9.17) is 24.5 Å². The Kier molecular flexibility index (Phi) is 5.56. The Morgan fingerprint density at radius 2 is 1.84 bits per heavy atom. The Morgan fingerprint density at radius 1 is 1.21 bits per heavy atom. The molecule has 8 heteroatoms. The highest BCUT2D eigenvalue weighted by Crippen LogP contribution is 2.28. The molecule has 19 heavy (non-hydrogen) atoms. The predicted molar refractivity (Wildman–Crippen MR) is 63.8 cm³/mol. The smallest absolute Gasteiger partial charge is 0.414 e. The van der Waals surface area contributed by atoms with Crippen molar-refractivity contribution in [3.05, 3.63) is 0 Å². The topological polar surface area (TPSA) is 116 Å². The molecule has 108 valence electrons. The highest BCUT2D eigenvalue weighted by Gasteiger charge is 2.37. The Labute approximate surface area is 110 Å². The van der Waals surface area contributed by atoms with Crippen LogP contribution in [0.3, 0.4) is 0 Å². The minimum atomic E-state index is -1.82. The maximum atomic E-state index is 11.0. The molecule has 0 radical (unpaired) electrons. The molecule has 3 unspecified atom stereocenters. The van der Waals surface area contributed by atoms with E-state index in [0.29, 0.717) is 5.92 Å². The number of nitrogens with zero attached hydrogens (tertiary/aromatic N) is 1. The van der Waals surface area contributed by atoms with Crippen molar-refractivity contribution in [3.8, 4) is 0 Å². The molecule has 0 spiro atoms. The molecule has 2 bridgehead atoms. The molecule has 2 aliphatic rings. The number of hydrogen-bond donors (Lipinski definition) is 3. The number of aliphatic carboxylic acids is 2. The largest absolute Gasteiger partial charge is 0.473 e. The van der Waals surface area contributed by atoms with Crippen LogP contribution >= 0.6 is 0 Å². The zero-order valence-corrected chi connectivity index (χ0v) is 10.7. The lowest BCUT2D eigenvalue weighted by atomic mass is 9.99. The number of amides is 1. The average molecular weight is 274 g/mol. The summed E-state index contributed by atoms with van der Waals surface area (Å²) >= 11 is 0. The van der Waals surface area contributed by atoms with Crippen LogP contribution in [-0.4, -0.2) is 65.9 Å². The maximum Gasteiger partial charge on any atom is 0.414 e. The van der Waals surface area contributed by atoms with Crippen LogP contribution in [0.25, 0.3) is 0 Å². The lowest BCUT2D eigenvalue weighted by Gasteiger charge is -2.21. The first-order chi connectivity index (χ1) is 8.93. The lowest BCUT2D eigenvalue weighted by molar-refractivity contribution is -0.159. The number of rotatable bonds is 1. The molecule has 2 aliphatic heterocycles. The molecule has 0 saturated carbocycles. The zero-order valence-electron chi connectivity index (χ0n) is 10.7. The van der Waals surface area contributed by atoms with Gasteiger partial charge in [-0.1, -0.05) is 0 Å². The summed E-state index contributed by atoms with van der Waals surface area (Å²) in [6, 6.07) is 0. The van der Waals surface area contributed by atoms with Crippen LogP contribution in [0.15, 0.2) is 0 Å². The molecule has 3 N–H and O–H groups in total. The fraction of sp³-hybridized carbons (Fsp3) is 0.727. The molecule has 8 nitrogen and oxygen atoms in total. The summed E-state index contributed by atoms with van der Waals surface area (Å²) in [5, 5.41) is 17.3. The molecular weight excluding hydrogens is 256 g/mol. The number of carboxylic acid groups (broad SMARTS) is 2. The first-order valence-electron chi connectivity index (χ1n) is 6.01. The Morgan fingerprint density at radius 3 is 2.32 bits per heavy atom. The van der Waals surface area contributed by atoms with Crippen LogP contribution in [0, 0.1) is 5.92 Å². The van der Waals surface area contributed by atoms with E-state index >= 15 is 0 Å². The van der Waals surface area contributed by atoms with Gasteiger partial charge in [-0.3, -0.25) is 4.90 Å². The van der Waals surface area contributed by atoms with E-state index < -0.39 is 11.9 Å². The number of carbonyl (C=O) groups excluding carboxylic acids is 1. The number of nitrogens with one attached hydrogen (secondary N) is 1. The summed E-state index contributed by atoms with van der Waals surface area (Å²) in [6.07, 6.45) is 2.29. The van der Waals surface area contributed by atoms with Crippen molar-refractivity contribution in [2.45, 2.75) is 18.9 Å². The Balaban J connectivity index is 0.000000258. The fourth-order valence-corrected chi connectivity index (χ4v) is 2.29. The van der Waals surface area contributed by atoms with Crippen molar-refractivity contribution in [3.63, 3.8) is 0 Å². The van der Waals surface area contributed by atoms with Gasteiger partial charge in [-0.15, -0.1) is 0 Å². The summed E-state index contributed by atoms with van der Waals surface area (Å²) in [6.45, 7) is 3.21. The van der Waals surface area contributed by atoms with Crippen molar-refractivity contribution in [2.24, 2.45) is 5.92 Å². The number of carboxylic acids is 2. The molecule has 2 rings (SSSR count). The van der Waals surface area contributed by atoms with Gasteiger partial charge < -0.3 is 20.3 Å². The van der Waals surface area contributed by atoms with Gasteiger partial charge in [0.15, 0.2) is 0 Å². The minimum Gasteiger partial charge on any atom is -0.473 e. The molecule has 0 aliphatic carbocycles. The quantitative estimate of drug-likeness (QED) is 0.557. The predicted octanol–water partition coefficient (Wildman–Crippen LogP) is -0.408. The highest BCUT2D eigenvalue weighted by atomic mass is 16.6. The van der Waals surface area contributed by atoms with Crippen LogP contribution in [-0.2, 0) is 14.3 Å². The van der Waals surface area contributed by atoms with Crippen molar-refractivity contribution < 1.29 is 29.3 Å². The molecule has 2 fully saturated rings. The van der Waals surface area contributed by atoms with Gasteiger partial charge in [0.25, 0.3) is 0 Å². The van der Waals surface area contributed by atoms with Crippen molar-refractivity contribution >= 4 is 18.0 Å². The first-order valence-corrected chi connectivity index (χ1v) is 6.01. The number of piperidine rings is 1. The van der Waals surface area contributed by atoms with Crippen molar-refractivity contribution in [1.29, 1.82) is 0 Å². The first kappa shape index (κ1) is 15.2. The molecule has 3 atom stereocenters. The lowest BCUT2D eigenvalue weighted by Crippen LogP contribution is -2.30. The maximum absolute atomic E-state index is 11.0. The van der Waals surface area contributed by atoms with Crippen molar-refractivity contribution in [2.75, 3.05) is 26.7 Å². The van der Waals surface area contributed by atoms with Gasteiger partial charge in [0.1, 0.15) is 6.10 Å². The number of carbonyl (C=O) groups is 3. The SMILES string of the molecule is CNC(=O)OC1CN2CCCC1C2.O=C(O)C(=O)O. The molecule has 0 aromatic heterocycles. The van der Waals surface area contributed by atoms with Crippen molar-refractivity contribution in [1.82, 2.24) is 10.2 Å². The molecule has 0 aromatic carbocycles. The fourth-order valence-electron chi connectivity index (χ4n) is 2.29. The second-order valence-electron chi connectivity index (χ2n) is 4.47. The van der Waals surface area contributed by atoms with E-state index in [0.717, 1.165) is 13.1 Å². The van der Waals surface area contributed by atoms with Gasteiger partial charge >= 0.3 is 18.0 Å². The third-order valence-corrected chi connectivity index (χ3v) is 3.15. The monoisotopic (exact) mass is 274 g/mol. The molecule has 0 aromatic rings. The summed E-state index contributed by atoms with van der Waals surface area (Å²) in [4.78, 5) is 31.6. The summed E-state index contributed by atoms with van der Waals surface area (Å²) < 4.78 is 5.28. The van der Waals surface area contributed by atoms with Gasteiger partial charge in [-0.25, -0.2) is 14.4 Å². The molecule has 1 amide bonds. The van der Waals surface area contributed by atoms with E-state index in [1.54, 1.807) is 7.05 Å². The third kappa shape index (κ3) is 4.74. The van der Waals surface area contributed by atoms with E-state index in [9.17, 15) is 4.79 Å². The molecule has 2 saturated heterocycles. The second kappa shape index (κ2) is 6.93. The Bertz CT molecular complexity index is 347. The van der Waals surface area contributed by atoms with Crippen LogP contribution in [0.1, 0.15) is 12.8 Å². The third-order valence-electron chi connectivity index (χ3n) is 3.15. The normalized spacial score (nSPS) is 27.7. The molecular formula is C11H18N2O6. The van der Waals surface area contributed by atoms with Gasteiger partial charge in [-0.05, 0) is 19.4 Å². The van der Waals surface area contributed by atoms with E-state index in [2.05, 4.69) is 10.2 Å². The standard InChI is InChI=1S/C9H16N2O2.C2H2O4/c1-10-9(12)13-8-6-11-4-2-3-7(8)5-11;3-1(4)2(5)6/h7-8H,2-6H2,1H3,(H,10,12);(H,3,4)(H,5,6). The summed E-state index contributed by atoms with van der Waals surface area (Å²) in [7, 11) is 1.60. The van der Waals surface area contributed by atoms with Gasteiger partial charge in [0, 0.05) is 26.1 Å². The van der Waals surface area contributed by atoms with Crippen LogP contribution in [0.2, 0.25) is 0 Å². The van der Waals surface area contributed by atoms with Crippen LogP contribution < -0.4 is 5.32 Å². The van der Waals surface area contributed by atoms with Gasteiger partial charge in [0.2, 0.25) is 0 Å². The van der Waals surface area contributed by atoms with E-state index in [-0.39, 0.29) is 12.2 Å². The van der Waals surface area contributed by atoms with Gasteiger partial charge in [-0.2, -0.15) is 0 Å². The van der Waals surface area contributed by atoms with Crippen LogP contribution in [0.4, 0.5) is 4.79 Å². The number of alkyl carbamates (subject to hydrolysis) is 1. The summed E-state index contributed by atoms with van der Waals surface area (Å²) in [5.41, 5.74) is 0. The number of hydrogen-bond acceptors (Lipinski definition) is 5. The van der Waals surface area contributed by atoms with Gasteiger partial charge in [0.05, 0.1) is 0 Å². The highest BCUT2D eigenvalue weighted by molar-refractivity contribution is 6.27. The zero-order chi connectivity index (χ0) is 14.4. The summed E-state index contributed by atoms with van der Waals surface area (Å²) in [5.74, 6) is -3.07.